The molecule has 3 heteroatoms. The van der Waals surface area contributed by atoms with Crippen molar-refractivity contribution in [1.29, 1.82) is 0 Å². The Morgan fingerprint density at radius 1 is 1.31 bits per heavy atom. The van der Waals surface area contributed by atoms with Crippen molar-refractivity contribution in [3.8, 4) is 0 Å². The van der Waals surface area contributed by atoms with Gasteiger partial charge in [-0.25, -0.2) is 4.79 Å². The Bertz CT molecular complexity index is 268. The summed E-state index contributed by atoms with van der Waals surface area (Å²) in [5, 5.41) is 0. The second-order valence-electron chi connectivity index (χ2n) is 5.11. The summed E-state index contributed by atoms with van der Waals surface area (Å²) in [5.41, 5.74) is -0.384. The van der Waals surface area contributed by atoms with Crippen LogP contribution in [0.3, 0.4) is 0 Å². The number of esters is 1. The Hall–Kier alpha value is -0.830. The zero-order chi connectivity index (χ0) is 13.0. The molecule has 0 N–H and O–H groups in total. The topological polar surface area (TPSA) is 35.5 Å². The number of hydrogen-bond donors (Lipinski definition) is 0. The molecule has 0 rings (SSSR count). The summed E-state index contributed by atoms with van der Waals surface area (Å²) in [5.74, 6) is -0.337. The van der Waals surface area contributed by atoms with Gasteiger partial charge in [0.2, 0.25) is 0 Å². The number of methoxy groups -OCH3 is 1. The molecule has 0 fully saturated rings. The molecule has 0 saturated heterocycles. The van der Waals surface area contributed by atoms with Gasteiger partial charge in [0, 0.05) is 19.1 Å². The van der Waals surface area contributed by atoms with Crippen LogP contribution in [0, 0.1) is 0 Å². The minimum atomic E-state index is -0.504. The van der Waals surface area contributed by atoms with Crippen LogP contribution in [0.1, 0.15) is 47.5 Å². The van der Waals surface area contributed by atoms with E-state index in [0.717, 1.165) is 6.42 Å². The first-order valence-electron chi connectivity index (χ1n) is 5.60. The first-order chi connectivity index (χ1) is 7.16. The van der Waals surface area contributed by atoms with E-state index in [-0.39, 0.29) is 11.6 Å². The normalized spacial score (nSPS) is 15.4. The van der Waals surface area contributed by atoms with E-state index < -0.39 is 5.60 Å². The molecule has 0 saturated carbocycles. The molecule has 0 radical (unpaired) electrons. The van der Waals surface area contributed by atoms with Crippen molar-refractivity contribution in [2.24, 2.45) is 0 Å². The molecule has 0 heterocycles. The molecular formula is C13H24O3. The second kappa shape index (κ2) is 5.48. The minimum Gasteiger partial charge on any atom is -0.456 e. The maximum atomic E-state index is 11.5. The Morgan fingerprint density at radius 3 is 2.12 bits per heavy atom. The third-order valence-electron chi connectivity index (χ3n) is 2.79. The summed E-state index contributed by atoms with van der Waals surface area (Å²) in [4.78, 5) is 11.5. The van der Waals surface area contributed by atoms with Gasteiger partial charge in [0.05, 0.1) is 5.60 Å². The number of rotatable bonds is 6. The van der Waals surface area contributed by atoms with Crippen LogP contribution in [0.5, 0.6) is 0 Å². The van der Waals surface area contributed by atoms with Crippen molar-refractivity contribution in [3.63, 3.8) is 0 Å². The zero-order valence-corrected chi connectivity index (χ0v) is 11.3. The molecule has 0 aliphatic carbocycles. The molecule has 16 heavy (non-hydrogen) atoms. The number of carbonyl (C=O) groups excluding carboxylic acids is 1. The Labute approximate surface area is 98.8 Å². The van der Waals surface area contributed by atoms with Gasteiger partial charge in [0.15, 0.2) is 0 Å². The van der Waals surface area contributed by atoms with Crippen molar-refractivity contribution in [3.05, 3.63) is 12.2 Å². The lowest BCUT2D eigenvalue weighted by Gasteiger charge is -2.35. The van der Waals surface area contributed by atoms with Gasteiger partial charge in [-0.3, -0.25) is 0 Å². The molecule has 94 valence electrons. The molecule has 0 aromatic rings. The van der Waals surface area contributed by atoms with E-state index in [9.17, 15) is 4.79 Å². The number of ether oxygens (including phenoxy) is 2. The average molecular weight is 228 g/mol. The van der Waals surface area contributed by atoms with Gasteiger partial charge in [-0.15, -0.1) is 0 Å². The average Bonchev–Trinajstić information content (AvgIpc) is 2.16. The summed E-state index contributed by atoms with van der Waals surface area (Å²) in [6, 6.07) is 0. The van der Waals surface area contributed by atoms with Gasteiger partial charge in [-0.1, -0.05) is 13.5 Å². The summed E-state index contributed by atoms with van der Waals surface area (Å²) in [6.45, 7) is 13.1. The van der Waals surface area contributed by atoms with Crippen molar-refractivity contribution in [2.45, 2.75) is 58.7 Å². The molecule has 1 atom stereocenters. The highest BCUT2D eigenvalue weighted by molar-refractivity contribution is 5.87. The number of hydrogen-bond acceptors (Lipinski definition) is 3. The lowest BCUT2D eigenvalue weighted by atomic mass is 9.88. The lowest BCUT2D eigenvalue weighted by Crippen LogP contribution is -2.40. The Balaban J connectivity index is 4.66. The van der Waals surface area contributed by atoms with Crippen LogP contribution < -0.4 is 0 Å². The molecular weight excluding hydrogens is 204 g/mol. The smallest absolute Gasteiger partial charge is 0.333 e. The van der Waals surface area contributed by atoms with E-state index >= 15 is 0 Å². The van der Waals surface area contributed by atoms with Gasteiger partial charge in [0.25, 0.3) is 0 Å². The van der Waals surface area contributed by atoms with Crippen LogP contribution in [-0.2, 0) is 14.3 Å². The molecule has 0 aliphatic heterocycles. The zero-order valence-electron chi connectivity index (χ0n) is 11.3. The second-order valence-corrected chi connectivity index (χ2v) is 5.11. The Kier molecular flexibility index (Phi) is 5.20. The third-order valence-corrected chi connectivity index (χ3v) is 2.79. The standard InChI is InChI=1S/C13H24O3/c1-8-13(6,9-12(4,5)15-7)16-11(14)10(2)3/h2,8-9H2,1,3-7H3. The van der Waals surface area contributed by atoms with Gasteiger partial charge in [-0.05, 0) is 34.1 Å². The molecule has 0 bridgehead atoms. The van der Waals surface area contributed by atoms with Crippen LogP contribution in [0.4, 0.5) is 0 Å². The predicted octanol–water partition coefficient (Wildman–Crippen LogP) is 3.09. The van der Waals surface area contributed by atoms with E-state index in [1.54, 1.807) is 14.0 Å². The largest absolute Gasteiger partial charge is 0.456 e. The van der Waals surface area contributed by atoms with Crippen LogP contribution >= 0.6 is 0 Å². The SMILES string of the molecule is C=C(C)C(=O)OC(C)(CC)CC(C)(C)OC. The van der Waals surface area contributed by atoms with Gasteiger partial charge >= 0.3 is 5.97 Å². The molecule has 0 aromatic carbocycles. The van der Waals surface area contributed by atoms with Crippen LogP contribution in [-0.4, -0.2) is 24.3 Å². The van der Waals surface area contributed by atoms with E-state index in [2.05, 4.69) is 6.58 Å². The van der Waals surface area contributed by atoms with Crippen molar-refractivity contribution in [2.75, 3.05) is 7.11 Å². The number of carbonyl (C=O) groups is 1. The molecule has 0 aromatic heterocycles. The van der Waals surface area contributed by atoms with E-state index in [1.165, 1.54) is 0 Å². The molecule has 0 spiro atoms. The monoisotopic (exact) mass is 228 g/mol. The fraction of sp³-hybridized carbons (Fsp3) is 0.769. The van der Waals surface area contributed by atoms with E-state index in [1.807, 2.05) is 27.7 Å². The maximum absolute atomic E-state index is 11.5. The molecule has 0 aliphatic rings. The van der Waals surface area contributed by atoms with Crippen molar-refractivity contribution < 1.29 is 14.3 Å². The molecule has 3 nitrogen and oxygen atoms in total. The molecule has 0 amide bonds. The van der Waals surface area contributed by atoms with Crippen LogP contribution in [0.25, 0.3) is 0 Å². The molecule has 1 unspecified atom stereocenters. The fourth-order valence-electron chi connectivity index (χ4n) is 1.52. The fourth-order valence-corrected chi connectivity index (χ4v) is 1.52. The van der Waals surface area contributed by atoms with Crippen LogP contribution in [0.2, 0.25) is 0 Å². The summed E-state index contributed by atoms with van der Waals surface area (Å²) in [7, 11) is 1.66. The third kappa shape index (κ3) is 4.79. The maximum Gasteiger partial charge on any atom is 0.333 e. The Morgan fingerprint density at radius 2 is 1.81 bits per heavy atom. The highest BCUT2D eigenvalue weighted by atomic mass is 16.6. The summed E-state index contributed by atoms with van der Waals surface area (Å²) in [6.07, 6.45) is 1.41. The highest BCUT2D eigenvalue weighted by Crippen LogP contribution is 2.29. The van der Waals surface area contributed by atoms with Gasteiger partial charge in [0.1, 0.15) is 5.60 Å². The highest BCUT2D eigenvalue weighted by Gasteiger charge is 2.34. The summed E-state index contributed by atoms with van der Waals surface area (Å²) < 4.78 is 10.8. The van der Waals surface area contributed by atoms with E-state index in [4.69, 9.17) is 9.47 Å². The van der Waals surface area contributed by atoms with Crippen molar-refractivity contribution >= 4 is 5.97 Å². The van der Waals surface area contributed by atoms with Crippen LogP contribution in [0.15, 0.2) is 12.2 Å². The van der Waals surface area contributed by atoms with Crippen molar-refractivity contribution in [1.82, 2.24) is 0 Å². The van der Waals surface area contributed by atoms with Gasteiger partial charge in [-0.2, -0.15) is 0 Å². The quantitative estimate of drug-likeness (QED) is 0.517. The first kappa shape index (κ1) is 15.2. The van der Waals surface area contributed by atoms with Gasteiger partial charge < -0.3 is 9.47 Å². The lowest BCUT2D eigenvalue weighted by molar-refractivity contribution is -0.160. The van der Waals surface area contributed by atoms with E-state index in [0.29, 0.717) is 12.0 Å². The summed E-state index contributed by atoms with van der Waals surface area (Å²) >= 11 is 0. The minimum absolute atomic E-state index is 0.305. The predicted molar refractivity (Wildman–Crippen MR) is 65.3 cm³/mol. The first-order valence-corrected chi connectivity index (χ1v) is 5.60.